The summed E-state index contributed by atoms with van der Waals surface area (Å²) >= 11 is 0. The molecule has 1 aliphatic rings. The van der Waals surface area contributed by atoms with Crippen LogP contribution >= 0.6 is 0 Å². The maximum absolute atomic E-state index is 2.41. The summed E-state index contributed by atoms with van der Waals surface area (Å²) < 4.78 is 0. The topological polar surface area (TPSA) is 3.24 Å². The molecular weight excluding hydrogens is 699 g/mol. The van der Waals surface area contributed by atoms with Gasteiger partial charge in [0.1, 0.15) is 0 Å². The SMILES string of the molecule is CC1(C)c2c(-c3ccc4ccccc4c3)cccc2-c2c(-c3ccc(N(c4ccc(-c5ccccc5)cc4)c4cccc5ccccc45)cc3)ccc3cccc1c23. The normalized spacial score (nSPS) is 12.8. The molecule has 274 valence electrons. The lowest BCUT2D eigenvalue weighted by molar-refractivity contribution is 0.647. The van der Waals surface area contributed by atoms with Gasteiger partial charge in [-0.3, -0.25) is 0 Å². The van der Waals surface area contributed by atoms with E-state index in [2.05, 4.69) is 231 Å². The van der Waals surface area contributed by atoms with Crippen LogP contribution in [0, 0.1) is 0 Å². The van der Waals surface area contributed by atoms with Gasteiger partial charge in [0.25, 0.3) is 0 Å². The molecule has 58 heavy (non-hydrogen) atoms. The fourth-order valence-corrected chi connectivity index (χ4v) is 9.64. The Bertz CT molecular complexity index is 3170. The van der Waals surface area contributed by atoms with Crippen molar-refractivity contribution >= 4 is 49.4 Å². The zero-order chi connectivity index (χ0) is 38.8. The van der Waals surface area contributed by atoms with E-state index >= 15 is 0 Å². The minimum absolute atomic E-state index is 0.207. The van der Waals surface area contributed by atoms with Crippen molar-refractivity contribution in [2.75, 3.05) is 4.90 Å². The molecule has 0 fully saturated rings. The second kappa shape index (κ2) is 13.5. The molecule has 0 aromatic heterocycles. The summed E-state index contributed by atoms with van der Waals surface area (Å²) in [5.74, 6) is 0. The van der Waals surface area contributed by atoms with Gasteiger partial charge in [-0.2, -0.15) is 0 Å². The van der Waals surface area contributed by atoms with Crippen molar-refractivity contribution < 1.29 is 0 Å². The highest BCUT2D eigenvalue weighted by Crippen LogP contribution is 2.54. The minimum Gasteiger partial charge on any atom is -0.310 e. The van der Waals surface area contributed by atoms with Gasteiger partial charge < -0.3 is 4.90 Å². The fraction of sp³-hybridized carbons (Fsp3) is 0.0526. The van der Waals surface area contributed by atoms with Gasteiger partial charge in [-0.05, 0) is 119 Å². The van der Waals surface area contributed by atoms with Gasteiger partial charge in [0.2, 0.25) is 0 Å². The summed E-state index contributed by atoms with van der Waals surface area (Å²) in [5.41, 5.74) is 16.0. The number of benzene rings is 10. The quantitative estimate of drug-likeness (QED) is 0.164. The van der Waals surface area contributed by atoms with Crippen molar-refractivity contribution in [1.29, 1.82) is 0 Å². The number of fused-ring (bicyclic) bond motifs is 4. The van der Waals surface area contributed by atoms with Gasteiger partial charge >= 0.3 is 0 Å². The minimum atomic E-state index is -0.207. The van der Waals surface area contributed by atoms with E-state index in [-0.39, 0.29) is 5.41 Å². The molecule has 0 N–H and O–H groups in total. The van der Waals surface area contributed by atoms with Gasteiger partial charge in [-0.15, -0.1) is 0 Å². The Labute approximate surface area is 340 Å². The number of rotatable bonds is 6. The van der Waals surface area contributed by atoms with Crippen molar-refractivity contribution in [2.45, 2.75) is 19.3 Å². The predicted molar refractivity (Wildman–Crippen MR) is 248 cm³/mol. The third-order valence-electron chi connectivity index (χ3n) is 12.4. The summed E-state index contributed by atoms with van der Waals surface area (Å²) in [6.45, 7) is 4.81. The third kappa shape index (κ3) is 5.46. The lowest BCUT2D eigenvalue weighted by atomic mass is 9.65. The van der Waals surface area contributed by atoms with Crippen LogP contribution in [-0.2, 0) is 5.41 Å². The van der Waals surface area contributed by atoms with Crippen LogP contribution in [0.5, 0.6) is 0 Å². The number of hydrogen-bond acceptors (Lipinski definition) is 1. The Morgan fingerprint density at radius 1 is 0.362 bits per heavy atom. The highest BCUT2D eigenvalue weighted by atomic mass is 15.1. The second-order valence-corrected chi connectivity index (χ2v) is 16.1. The molecule has 11 rings (SSSR count). The molecule has 1 nitrogen and oxygen atoms in total. The van der Waals surface area contributed by atoms with Crippen molar-refractivity contribution in [1.82, 2.24) is 0 Å². The molecule has 0 aliphatic heterocycles. The van der Waals surface area contributed by atoms with E-state index in [0.717, 1.165) is 17.1 Å². The monoisotopic (exact) mass is 739 g/mol. The van der Waals surface area contributed by atoms with Crippen molar-refractivity contribution in [2.24, 2.45) is 0 Å². The van der Waals surface area contributed by atoms with Crippen LogP contribution in [0.25, 0.3) is 76.8 Å². The lowest BCUT2D eigenvalue weighted by Crippen LogP contribution is -2.25. The van der Waals surface area contributed by atoms with Crippen LogP contribution in [0.15, 0.2) is 212 Å². The largest absolute Gasteiger partial charge is 0.310 e. The predicted octanol–water partition coefficient (Wildman–Crippen LogP) is 15.9. The molecule has 0 unspecified atom stereocenters. The van der Waals surface area contributed by atoms with Gasteiger partial charge in [0, 0.05) is 22.2 Å². The van der Waals surface area contributed by atoms with Gasteiger partial charge in [0.05, 0.1) is 5.69 Å². The van der Waals surface area contributed by atoms with Crippen LogP contribution in [0.2, 0.25) is 0 Å². The van der Waals surface area contributed by atoms with E-state index < -0.39 is 0 Å². The standard InChI is InChI=1S/C57H41N/c1-57(2)52-23-10-19-43-31-36-49(55(54(43)52)51-22-12-21-50(56(51)57)45-26-25-39-15-6-7-17-44(39)37-45)42-29-34-47(35-30-42)58(53-24-11-18-41-16-8-9-20-48(41)53)46-32-27-40(28-33-46)38-13-4-3-5-14-38/h3-37H,1-2H3. The Morgan fingerprint density at radius 2 is 0.931 bits per heavy atom. The second-order valence-electron chi connectivity index (χ2n) is 16.1. The Morgan fingerprint density at radius 3 is 1.72 bits per heavy atom. The van der Waals surface area contributed by atoms with E-state index in [0.29, 0.717) is 0 Å². The third-order valence-corrected chi connectivity index (χ3v) is 12.4. The van der Waals surface area contributed by atoms with Gasteiger partial charge in [-0.1, -0.05) is 190 Å². The summed E-state index contributed by atoms with van der Waals surface area (Å²) in [5, 5.41) is 7.60. The molecule has 0 saturated carbocycles. The van der Waals surface area contributed by atoms with Crippen molar-refractivity contribution in [3.05, 3.63) is 223 Å². The first-order valence-electron chi connectivity index (χ1n) is 20.3. The molecule has 1 heteroatoms. The zero-order valence-electron chi connectivity index (χ0n) is 32.7. The number of hydrogen-bond donors (Lipinski definition) is 0. The molecule has 10 aromatic carbocycles. The molecular formula is C57H41N. The zero-order valence-corrected chi connectivity index (χ0v) is 32.7. The van der Waals surface area contributed by atoms with Gasteiger partial charge in [-0.25, -0.2) is 0 Å². The summed E-state index contributed by atoms with van der Waals surface area (Å²) in [6, 6.07) is 78.1. The van der Waals surface area contributed by atoms with E-state index in [1.54, 1.807) is 0 Å². The lowest BCUT2D eigenvalue weighted by Gasteiger charge is -2.38. The number of anilines is 3. The maximum Gasteiger partial charge on any atom is 0.0540 e. The average Bonchev–Trinajstić information content (AvgIpc) is 3.28. The van der Waals surface area contributed by atoms with Crippen LogP contribution in [0.1, 0.15) is 25.0 Å². The van der Waals surface area contributed by atoms with E-state index in [1.807, 2.05) is 0 Å². The van der Waals surface area contributed by atoms with Crippen LogP contribution in [0.4, 0.5) is 17.1 Å². The van der Waals surface area contributed by atoms with E-state index in [4.69, 9.17) is 0 Å². The maximum atomic E-state index is 2.41. The highest BCUT2D eigenvalue weighted by molar-refractivity contribution is 6.10. The summed E-state index contributed by atoms with van der Waals surface area (Å²) in [4.78, 5) is 2.40. The fourth-order valence-electron chi connectivity index (χ4n) is 9.64. The van der Waals surface area contributed by atoms with Gasteiger partial charge in [0.15, 0.2) is 0 Å². The first-order valence-corrected chi connectivity index (χ1v) is 20.3. The van der Waals surface area contributed by atoms with Crippen molar-refractivity contribution in [3.8, 4) is 44.5 Å². The average molecular weight is 740 g/mol. The number of nitrogens with zero attached hydrogens (tertiary/aromatic N) is 1. The molecule has 10 aromatic rings. The summed E-state index contributed by atoms with van der Waals surface area (Å²) in [7, 11) is 0. The van der Waals surface area contributed by atoms with Crippen molar-refractivity contribution in [3.63, 3.8) is 0 Å². The molecule has 0 spiro atoms. The Kier molecular flexibility index (Phi) is 7.91. The first kappa shape index (κ1) is 34.1. The van der Waals surface area contributed by atoms with Crippen LogP contribution in [-0.4, -0.2) is 0 Å². The molecule has 0 saturated heterocycles. The summed E-state index contributed by atoms with van der Waals surface area (Å²) in [6.07, 6.45) is 0. The molecule has 0 heterocycles. The Hall–Kier alpha value is -7.22. The molecule has 0 atom stereocenters. The van der Waals surface area contributed by atoms with E-state index in [9.17, 15) is 0 Å². The van der Waals surface area contributed by atoms with Crippen LogP contribution in [0.3, 0.4) is 0 Å². The molecule has 0 bridgehead atoms. The smallest absolute Gasteiger partial charge is 0.0540 e. The first-order chi connectivity index (χ1) is 28.5. The van der Waals surface area contributed by atoms with Crippen LogP contribution < -0.4 is 4.90 Å². The molecule has 0 radical (unpaired) electrons. The Balaban J connectivity index is 1.07. The highest BCUT2D eigenvalue weighted by Gasteiger charge is 2.36. The van der Waals surface area contributed by atoms with E-state index in [1.165, 1.54) is 88.0 Å². The molecule has 1 aliphatic carbocycles. The molecule has 0 amide bonds.